The lowest BCUT2D eigenvalue weighted by Gasteiger charge is -2.09. The highest BCUT2D eigenvalue weighted by molar-refractivity contribution is 7.99. The van der Waals surface area contributed by atoms with Crippen molar-refractivity contribution >= 4 is 17.7 Å². The number of hydrogen-bond acceptors (Lipinski definition) is 5. The van der Waals surface area contributed by atoms with Crippen LogP contribution in [0, 0.1) is 0 Å². The number of amides is 1. The first kappa shape index (κ1) is 18.8. The average molecular weight is 394 g/mol. The number of oxazole rings is 1. The lowest BCUT2D eigenvalue weighted by molar-refractivity contribution is -0.119. The number of aromatic nitrogens is 1. The molecule has 28 heavy (non-hydrogen) atoms. The molecule has 1 fully saturated rings. The third kappa shape index (κ3) is 4.64. The molecule has 1 aliphatic heterocycles. The SMILES string of the molecule is O=C(CSc1nc(-c2ccccc2)c(-c2ccccc2)o1)NC[C@@H]1CCCO1. The largest absolute Gasteiger partial charge is 0.431 e. The minimum Gasteiger partial charge on any atom is -0.431 e. The second-order valence-corrected chi connectivity index (χ2v) is 7.54. The van der Waals surface area contributed by atoms with Crippen LogP contribution in [0.2, 0.25) is 0 Å². The molecule has 3 aromatic rings. The Kier molecular flexibility index (Phi) is 6.09. The first-order chi connectivity index (χ1) is 13.8. The number of rotatable bonds is 7. The molecule has 1 aromatic heterocycles. The molecule has 4 rings (SSSR count). The summed E-state index contributed by atoms with van der Waals surface area (Å²) in [6.07, 6.45) is 2.22. The molecule has 0 spiro atoms. The third-order valence-corrected chi connectivity index (χ3v) is 5.40. The van der Waals surface area contributed by atoms with Gasteiger partial charge in [0, 0.05) is 24.3 Å². The van der Waals surface area contributed by atoms with Crippen LogP contribution in [0.5, 0.6) is 0 Å². The van der Waals surface area contributed by atoms with Gasteiger partial charge in [0.2, 0.25) is 5.91 Å². The van der Waals surface area contributed by atoms with Crippen LogP contribution in [0.25, 0.3) is 22.6 Å². The van der Waals surface area contributed by atoms with E-state index in [0.717, 1.165) is 36.3 Å². The molecule has 1 atom stereocenters. The first-order valence-electron chi connectivity index (χ1n) is 9.42. The maximum atomic E-state index is 12.1. The second kappa shape index (κ2) is 9.08. The molecule has 1 saturated heterocycles. The van der Waals surface area contributed by atoms with Crippen molar-refractivity contribution in [1.82, 2.24) is 10.3 Å². The molecular formula is C22H22N2O3S. The van der Waals surface area contributed by atoms with Crippen molar-refractivity contribution in [2.45, 2.75) is 24.2 Å². The average Bonchev–Trinajstić information content (AvgIpc) is 3.42. The van der Waals surface area contributed by atoms with E-state index in [-0.39, 0.29) is 17.8 Å². The Morgan fingerprint density at radius 3 is 2.46 bits per heavy atom. The number of carbonyl (C=O) groups is 1. The molecule has 0 bridgehead atoms. The topological polar surface area (TPSA) is 64.4 Å². The van der Waals surface area contributed by atoms with E-state index in [4.69, 9.17) is 9.15 Å². The fourth-order valence-electron chi connectivity index (χ4n) is 3.15. The van der Waals surface area contributed by atoms with Crippen molar-refractivity contribution in [3.8, 4) is 22.6 Å². The predicted molar refractivity (Wildman–Crippen MR) is 110 cm³/mol. The lowest BCUT2D eigenvalue weighted by Crippen LogP contribution is -2.32. The molecular weight excluding hydrogens is 372 g/mol. The number of nitrogens with one attached hydrogen (secondary N) is 1. The van der Waals surface area contributed by atoms with Gasteiger partial charge < -0.3 is 14.5 Å². The highest BCUT2D eigenvalue weighted by Gasteiger charge is 2.19. The van der Waals surface area contributed by atoms with Gasteiger partial charge in [0.15, 0.2) is 5.76 Å². The van der Waals surface area contributed by atoms with E-state index >= 15 is 0 Å². The summed E-state index contributed by atoms with van der Waals surface area (Å²) in [5.41, 5.74) is 2.73. The lowest BCUT2D eigenvalue weighted by atomic mass is 10.1. The molecule has 144 valence electrons. The summed E-state index contributed by atoms with van der Waals surface area (Å²) < 4.78 is 11.6. The van der Waals surface area contributed by atoms with E-state index < -0.39 is 0 Å². The second-order valence-electron chi connectivity index (χ2n) is 6.62. The van der Waals surface area contributed by atoms with Crippen LogP contribution < -0.4 is 5.32 Å². The van der Waals surface area contributed by atoms with Gasteiger partial charge >= 0.3 is 0 Å². The summed E-state index contributed by atoms with van der Waals surface area (Å²) in [6.45, 7) is 1.35. The molecule has 2 aromatic carbocycles. The summed E-state index contributed by atoms with van der Waals surface area (Å²) in [5, 5.41) is 3.42. The van der Waals surface area contributed by atoms with Gasteiger partial charge in [-0.15, -0.1) is 0 Å². The Morgan fingerprint density at radius 2 is 1.79 bits per heavy atom. The van der Waals surface area contributed by atoms with Gasteiger partial charge in [0.05, 0.1) is 11.9 Å². The van der Waals surface area contributed by atoms with E-state index in [9.17, 15) is 4.79 Å². The molecule has 0 unspecified atom stereocenters. The fraction of sp³-hybridized carbons (Fsp3) is 0.273. The van der Waals surface area contributed by atoms with E-state index in [2.05, 4.69) is 10.3 Å². The molecule has 1 amide bonds. The quantitative estimate of drug-likeness (QED) is 0.602. The maximum absolute atomic E-state index is 12.1. The zero-order valence-electron chi connectivity index (χ0n) is 15.5. The molecule has 0 saturated carbocycles. The van der Waals surface area contributed by atoms with E-state index in [1.165, 1.54) is 11.8 Å². The molecule has 0 radical (unpaired) electrons. The van der Waals surface area contributed by atoms with Crippen molar-refractivity contribution in [2.75, 3.05) is 18.9 Å². The van der Waals surface area contributed by atoms with Crippen LogP contribution in [0.1, 0.15) is 12.8 Å². The van der Waals surface area contributed by atoms with Gasteiger partial charge in [-0.05, 0) is 12.8 Å². The van der Waals surface area contributed by atoms with Gasteiger partial charge in [-0.3, -0.25) is 4.79 Å². The Morgan fingerprint density at radius 1 is 1.07 bits per heavy atom. The van der Waals surface area contributed by atoms with Gasteiger partial charge in [-0.2, -0.15) is 0 Å². The monoisotopic (exact) mass is 394 g/mol. The van der Waals surface area contributed by atoms with Crippen molar-refractivity contribution in [1.29, 1.82) is 0 Å². The van der Waals surface area contributed by atoms with E-state index in [1.54, 1.807) is 0 Å². The van der Waals surface area contributed by atoms with Gasteiger partial charge in [-0.1, -0.05) is 72.4 Å². The fourth-order valence-corrected chi connectivity index (χ4v) is 3.81. The number of benzene rings is 2. The zero-order chi connectivity index (χ0) is 19.2. The molecule has 6 heteroatoms. The maximum Gasteiger partial charge on any atom is 0.257 e. The Hall–Kier alpha value is -2.57. The molecule has 2 heterocycles. The Balaban J connectivity index is 1.47. The minimum atomic E-state index is -0.0405. The predicted octanol–water partition coefficient (Wildman–Crippen LogP) is 4.40. The van der Waals surface area contributed by atoms with Crippen LogP contribution in [-0.4, -0.2) is 35.9 Å². The number of hydrogen-bond donors (Lipinski definition) is 1. The van der Waals surface area contributed by atoms with Gasteiger partial charge in [0.25, 0.3) is 5.22 Å². The molecule has 1 aliphatic rings. The summed E-state index contributed by atoms with van der Waals surface area (Å²) in [6, 6.07) is 19.8. The van der Waals surface area contributed by atoms with Gasteiger partial charge in [0.1, 0.15) is 5.69 Å². The van der Waals surface area contributed by atoms with E-state index in [1.807, 2.05) is 60.7 Å². The Bertz CT molecular complexity index is 849. The number of thioether (sulfide) groups is 1. The normalized spacial score (nSPS) is 16.2. The van der Waals surface area contributed by atoms with Crippen molar-refractivity contribution in [2.24, 2.45) is 0 Å². The third-order valence-electron chi connectivity index (χ3n) is 4.57. The van der Waals surface area contributed by atoms with Crippen LogP contribution in [-0.2, 0) is 9.53 Å². The number of carbonyl (C=O) groups excluding carboxylic acids is 1. The minimum absolute atomic E-state index is 0.0405. The highest BCUT2D eigenvalue weighted by Crippen LogP contribution is 2.35. The van der Waals surface area contributed by atoms with Crippen LogP contribution >= 0.6 is 11.8 Å². The molecule has 0 aliphatic carbocycles. The summed E-state index contributed by atoms with van der Waals surface area (Å²) in [4.78, 5) is 16.8. The number of ether oxygens (including phenoxy) is 1. The summed E-state index contributed by atoms with van der Waals surface area (Å²) in [7, 11) is 0. The number of nitrogens with zero attached hydrogens (tertiary/aromatic N) is 1. The van der Waals surface area contributed by atoms with Crippen LogP contribution in [0.3, 0.4) is 0 Å². The van der Waals surface area contributed by atoms with Crippen molar-refractivity contribution in [3.05, 3.63) is 60.7 Å². The van der Waals surface area contributed by atoms with Crippen LogP contribution in [0.15, 0.2) is 70.3 Å². The first-order valence-corrected chi connectivity index (χ1v) is 10.4. The van der Waals surface area contributed by atoms with E-state index in [0.29, 0.717) is 17.5 Å². The summed E-state index contributed by atoms with van der Waals surface area (Å²) >= 11 is 1.30. The smallest absolute Gasteiger partial charge is 0.257 e. The van der Waals surface area contributed by atoms with Crippen LogP contribution in [0.4, 0.5) is 0 Å². The van der Waals surface area contributed by atoms with Crippen molar-refractivity contribution < 1.29 is 13.9 Å². The van der Waals surface area contributed by atoms with Gasteiger partial charge in [-0.25, -0.2) is 4.98 Å². The molecule has 5 nitrogen and oxygen atoms in total. The summed E-state index contributed by atoms with van der Waals surface area (Å²) in [5.74, 6) is 0.936. The Labute approximate surface area is 168 Å². The zero-order valence-corrected chi connectivity index (χ0v) is 16.3. The highest BCUT2D eigenvalue weighted by atomic mass is 32.2. The van der Waals surface area contributed by atoms with Crippen molar-refractivity contribution in [3.63, 3.8) is 0 Å². The standard InChI is InChI=1S/C22H22N2O3S/c25-19(23-14-18-12-7-13-26-18)15-28-22-24-20(16-8-3-1-4-9-16)21(27-22)17-10-5-2-6-11-17/h1-6,8-11,18H,7,12-15H2,(H,23,25)/t18-/m0/s1. The molecule has 1 N–H and O–H groups in total.